The molecule has 1 fully saturated rings. The van der Waals surface area contributed by atoms with Crippen molar-refractivity contribution in [1.82, 2.24) is 4.90 Å². The highest BCUT2D eigenvalue weighted by Crippen LogP contribution is 2.38. The molecule has 0 N–H and O–H groups in total. The van der Waals surface area contributed by atoms with Crippen LogP contribution in [-0.4, -0.2) is 42.0 Å². The minimum atomic E-state index is -0.446. The fourth-order valence-electron chi connectivity index (χ4n) is 4.11. The number of nitrogens with zero attached hydrogens (tertiary/aromatic N) is 2. The number of halogens is 2. The molecule has 0 saturated carbocycles. The van der Waals surface area contributed by atoms with E-state index < -0.39 is 17.6 Å². The molecule has 2 aromatic rings. The van der Waals surface area contributed by atoms with Crippen molar-refractivity contribution in [2.24, 2.45) is 0 Å². The molecule has 2 amide bonds. The van der Waals surface area contributed by atoms with Crippen molar-refractivity contribution in [2.45, 2.75) is 33.0 Å². The Morgan fingerprint density at radius 2 is 1.63 bits per heavy atom. The number of ether oxygens (including phenoxy) is 1. The van der Waals surface area contributed by atoms with E-state index in [4.69, 9.17) is 16.3 Å². The van der Waals surface area contributed by atoms with Crippen LogP contribution in [0.25, 0.3) is 5.57 Å². The van der Waals surface area contributed by atoms with Gasteiger partial charge in [0.05, 0.1) is 23.5 Å². The molecule has 7 heteroatoms. The Labute approximate surface area is 179 Å². The number of imide groups is 1. The lowest BCUT2D eigenvalue weighted by atomic mass is 10.0. The van der Waals surface area contributed by atoms with Crippen LogP contribution in [0.1, 0.15) is 25.0 Å². The van der Waals surface area contributed by atoms with Crippen LogP contribution in [-0.2, 0) is 14.3 Å². The number of carbonyl (C=O) groups excluding carboxylic acids is 2. The van der Waals surface area contributed by atoms with E-state index >= 15 is 0 Å². The molecule has 1 saturated heterocycles. The number of hydrogen-bond donors (Lipinski definition) is 0. The second-order valence-corrected chi connectivity index (χ2v) is 8.13. The normalized spacial score (nSPS) is 22.3. The lowest BCUT2D eigenvalue weighted by molar-refractivity contribution is -0.121. The van der Waals surface area contributed by atoms with Crippen molar-refractivity contribution in [3.05, 3.63) is 70.1 Å². The fourth-order valence-corrected chi connectivity index (χ4v) is 4.28. The van der Waals surface area contributed by atoms with Gasteiger partial charge in [-0.1, -0.05) is 29.8 Å². The van der Waals surface area contributed by atoms with Crippen molar-refractivity contribution in [3.63, 3.8) is 0 Å². The van der Waals surface area contributed by atoms with E-state index in [9.17, 15) is 14.0 Å². The summed E-state index contributed by atoms with van der Waals surface area (Å²) in [6.07, 6.45) is -0.193. The van der Waals surface area contributed by atoms with Crippen LogP contribution in [0.5, 0.6) is 0 Å². The van der Waals surface area contributed by atoms with Gasteiger partial charge in [0.15, 0.2) is 0 Å². The predicted octanol–water partition coefficient (Wildman–Crippen LogP) is 4.18. The van der Waals surface area contributed by atoms with Gasteiger partial charge in [-0.15, -0.1) is 0 Å². The summed E-state index contributed by atoms with van der Waals surface area (Å²) in [5.74, 6) is -1.27. The summed E-state index contributed by atoms with van der Waals surface area (Å²) in [6, 6.07) is 10.7. The van der Waals surface area contributed by atoms with Gasteiger partial charge in [0.2, 0.25) is 0 Å². The third-order valence-corrected chi connectivity index (χ3v) is 5.82. The van der Waals surface area contributed by atoms with E-state index in [1.807, 2.05) is 18.7 Å². The van der Waals surface area contributed by atoms with Gasteiger partial charge in [-0.2, -0.15) is 0 Å². The Balaban J connectivity index is 1.86. The first-order chi connectivity index (χ1) is 14.3. The third-order valence-electron chi connectivity index (χ3n) is 5.41. The van der Waals surface area contributed by atoms with Crippen molar-refractivity contribution < 1.29 is 18.7 Å². The summed E-state index contributed by atoms with van der Waals surface area (Å²) in [4.78, 5) is 30.2. The highest BCUT2D eigenvalue weighted by atomic mass is 35.5. The average molecular weight is 429 g/mol. The van der Waals surface area contributed by atoms with Gasteiger partial charge in [-0.25, -0.2) is 9.29 Å². The Hall–Kier alpha value is -2.70. The molecule has 4 rings (SSSR count). The molecule has 0 radical (unpaired) electrons. The van der Waals surface area contributed by atoms with Crippen LogP contribution in [0.15, 0.2) is 48.2 Å². The monoisotopic (exact) mass is 428 g/mol. The van der Waals surface area contributed by atoms with E-state index in [0.29, 0.717) is 40.6 Å². The van der Waals surface area contributed by atoms with Gasteiger partial charge in [-0.3, -0.25) is 9.59 Å². The zero-order valence-corrected chi connectivity index (χ0v) is 17.7. The van der Waals surface area contributed by atoms with Crippen LogP contribution < -0.4 is 4.90 Å². The molecule has 2 unspecified atom stereocenters. The number of benzene rings is 2. The lowest BCUT2D eigenvalue weighted by Gasteiger charge is -2.37. The van der Waals surface area contributed by atoms with Crippen molar-refractivity contribution in [2.75, 3.05) is 18.0 Å². The highest BCUT2D eigenvalue weighted by molar-refractivity contribution is 6.46. The highest BCUT2D eigenvalue weighted by Gasteiger charge is 2.44. The Morgan fingerprint density at radius 3 is 2.27 bits per heavy atom. The second-order valence-electron chi connectivity index (χ2n) is 7.72. The van der Waals surface area contributed by atoms with Crippen LogP contribution >= 0.6 is 11.6 Å². The molecule has 5 nitrogen and oxygen atoms in total. The van der Waals surface area contributed by atoms with Gasteiger partial charge in [-0.05, 0) is 56.2 Å². The number of hydrogen-bond acceptors (Lipinski definition) is 4. The van der Waals surface area contributed by atoms with Gasteiger partial charge in [0.1, 0.15) is 11.5 Å². The molecule has 0 aliphatic carbocycles. The molecule has 2 aliphatic rings. The summed E-state index contributed by atoms with van der Waals surface area (Å²) in [5, 5.41) is 0.471. The van der Waals surface area contributed by atoms with Gasteiger partial charge < -0.3 is 9.64 Å². The maximum absolute atomic E-state index is 13.6. The molecular formula is C23H22ClFN2O3. The number of rotatable bonds is 3. The van der Waals surface area contributed by atoms with Crippen molar-refractivity contribution in [3.8, 4) is 0 Å². The summed E-state index contributed by atoms with van der Waals surface area (Å²) in [6.45, 7) is 6.59. The number of carbonyl (C=O) groups is 2. The minimum absolute atomic E-state index is 0.0967. The van der Waals surface area contributed by atoms with Crippen LogP contribution in [0.4, 0.5) is 10.1 Å². The number of anilines is 1. The van der Waals surface area contributed by atoms with Crippen LogP contribution in [0.2, 0.25) is 5.02 Å². The first-order valence-electron chi connectivity index (χ1n) is 9.82. The number of amides is 2. The second kappa shape index (κ2) is 7.85. The zero-order valence-electron chi connectivity index (χ0n) is 17.0. The van der Waals surface area contributed by atoms with E-state index in [2.05, 4.69) is 0 Å². The lowest BCUT2D eigenvalue weighted by Crippen LogP contribution is -2.47. The first-order valence-corrected chi connectivity index (χ1v) is 10.2. The van der Waals surface area contributed by atoms with E-state index in [1.54, 1.807) is 25.1 Å². The Morgan fingerprint density at radius 1 is 1.00 bits per heavy atom. The maximum Gasteiger partial charge on any atom is 0.282 e. The molecule has 2 atom stereocenters. The van der Waals surface area contributed by atoms with Crippen LogP contribution in [0, 0.1) is 12.7 Å². The van der Waals surface area contributed by atoms with Crippen molar-refractivity contribution >= 4 is 34.7 Å². The van der Waals surface area contributed by atoms with E-state index in [1.165, 1.54) is 29.2 Å². The summed E-state index contributed by atoms with van der Waals surface area (Å²) >= 11 is 6.25. The average Bonchev–Trinajstić information content (AvgIpc) is 2.94. The molecule has 2 heterocycles. The quantitative estimate of drug-likeness (QED) is 0.688. The molecule has 2 aromatic carbocycles. The van der Waals surface area contributed by atoms with Gasteiger partial charge in [0, 0.05) is 18.1 Å². The Kier molecular flexibility index (Phi) is 5.38. The smallest absolute Gasteiger partial charge is 0.282 e. The van der Waals surface area contributed by atoms with Gasteiger partial charge >= 0.3 is 0 Å². The van der Waals surface area contributed by atoms with E-state index in [-0.39, 0.29) is 17.8 Å². The maximum atomic E-state index is 13.6. The summed E-state index contributed by atoms with van der Waals surface area (Å²) in [7, 11) is 0. The molecule has 0 bridgehead atoms. The largest absolute Gasteiger partial charge is 0.372 e. The molecule has 156 valence electrons. The standard InChI is InChI=1S/C23H22ClFN2O3/c1-13-11-26(12-14(2)30-13)21-20(16-7-9-17(25)10-8-16)22(28)27(23(21)29)19-6-4-5-18(24)15(19)3/h4-10,13-14H,11-12H2,1-3H3. The van der Waals surface area contributed by atoms with Gasteiger partial charge in [0.25, 0.3) is 11.8 Å². The fraction of sp³-hybridized carbons (Fsp3) is 0.304. The van der Waals surface area contributed by atoms with E-state index in [0.717, 1.165) is 0 Å². The minimum Gasteiger partial charge on any atom is -0.372 e. The SMILES string of the molecule is Cc1c(Cl)cccc1N1C(=O)C(c2ccc(F)cc2)=C(N2CC(C)OC(C)C2)C1=O. The summed E-state index contributed by atoms with van der Waals surface area (Å²) in [5.41, 5.74) is 2.16. The molecule has 0 spiro atoms. The topological polar surface area (TPSA) is 49.9 Å². The Bertz CT molecular complexity index is 1040. The number of morpholine rings is 1. The van der Waals surface area contributed by atoms with Crippen LogP contribution in [0.3, 0.4) is 0 Å². The zero-order chi connectivity index (χ0) is 21.6. The third kappa shape index (κ3) is 3.50. The molecular weight excluding hydrogens is 407 g/mol. The summed E-state index contributed by atoms with van der Waals surface area (Å²) < 4.78 is 19.3. The predicted molar refractivity (Wildman–Crippen MR) is 114 cm³/mol. The molecule has 2 aliphatic heterocycles. The van der Waals surface area contributed by atoms with Crippen molar-refractivity contribution in [1.29, 1.82) is 0 Å². The first kappa shape index (κ1) is 20.6. The molecule has 30 heavy (non-hydrogen) atoms. The molecule has 0 aromatic heterocycles.